The zero-order valence-corrected chi connectivity index (χ0v) is 19.0. The van der Waals surface area contributed by atoms with Crippen molar-refractivity contribution in [3.63, 3.8) is 0 Å². The van der Waals surface area contributed by atoms with Crippen LogP contribution >= 0.6 is 0 Å². The van der Waals surface area contributed by atoms with Gasteiger partial charge in [0.1, 0.15) is 12.2 Å². The van der Waals surface area contributed by atoms with Gasteiger partial charge in [-0.05, 0) is 63.2 Å². The molecule has 8 nitrogen and oxygen atoms in total. The number of nitrogens with one attached hydrogen (secondary N) is 2. The minimum Gasteiger partial charge on any atom is -0.493 e. The monoisotopic (exact) mass is 449 g/mol. The maximum atomic E-state index is 12.7. The van der Waals surface area contributed by atoms with E-state index in [1.165, 1.54) is 0 Å². The summed E-state index contributed by atoms with van der Waals surface area (Å²) in [6.45, 7) is 5.67. The highest BCUT2D eigenvalue weighted by Crippen LogP contribution is 2.31. The molecule has 172 valence electrons. The maximum absolute atomic E-state index is 12.7. The number of benzene rings is 2. The van der Waals surface area contributed by atoms with Crippen molar-refractivity contribution < 1.29 is 23.8 Å². The van der Waals surface area contributed by atoms with Crippen LogP contribution in [0.5, 0.6) is 11.5 Å². The summed E-state index contributed by atoms with van der Waals surface area (Å²) in [7, 11) is 1.55. The van der Waals surface area contributed by atoms with Crippen molar-refractivity contribution in [2.75, 3.05) is 17.7 Å². The highest BCUT2D eigenvalue weighted by atomic mass is 16.6. The molecule has 0 unspecified atom stereocenters. The number of ether oxygens (including phenoxy) is 3. The molecule has 1 heterocycles. The Hall–Kier alpha value is -4.07. The molecule has 0 saturated carbocycles. The number of amides is 2. The van der Waals surface area contributed by atoms with E-state index >= 15 is 0 Å². The Balaban J connectivity index is 1.64. The molecule has 0 spiro atoms. The van der Waals surface area contributed by atoms with Crippen LogP contribution in [-0.2, 0) is 11.3 Å². The quantitative estimate of drug-likeness (QED) is 0.510. The Kier molecular flexibility index (Phi) is 7.50. The van der Waals surface area contributed by atoms with Crippen molar-refractivity contribution in [2.45, 2.75) is 33.0 Å². The van der Waals surface area contributed by atoms with Gasteiger partial charge in [0.25, 0.3) is 5.91 Å². The molecule has 0 fully saturated rings. The van der Waals surface area contributed by atoms with Crippen LogP contribution in [-0.4, -0.2) is 29.7 Å². The van der Waals surface area contributed by atoms with E-state index in [-0.39, 0.29) is 5.91 Å². The average molecular weight is 450 g/mol. The first kappa shape index (κ1) is 23.6. The van der Waals surface area contributed by atoms with Gasteiger partial charge in [-0.15, -0.1) is 0 Å². The number of methoxy groups -OCH3 is 1. The van der Waals surface area contributed by atoms with Gasteiger partial charge in [-0.2, -0.15) is 0 Å². The Bertz CT molecular complexity index is 1090. The molecule has 2 aromatic carbocycles. The van der Waals surface area contributed by atoms with Crippen LogP contribution in [0.25, 0.3) is 0 Å². The number of carbonyl (C=O) groups is 2. The van der Waals surface area contributed by atoms with E-state index in [1.807, 2.05) is 12.1 Å². The van der Waals surface area contributed by atoms with Crippen LogP contribution in [0, 0.1) is 0 Å². The summed E-state index contributed by atoms with van der Waals surface area (Å²) < 4.78 is 16.4. The van der Waals surface area contributed by atoms with E-state index in [9.17, 15) is 9.59 Å². The van der Waals surface area contributed by atoms with Gasteiger partial charge < -0.3 is 19.5 Å². The molecule has 2 amide bonds. The molecule has 0 bridgehead atoms. The number of rotatable bonds is 7. The molecule has 0 aliphatic heterocycles. The van der Waals surface area contributed by atoms with Crippen LogP contribution in [0.2, 0.25) is 0 Å². The molecule has 33 heavy (non-hydrogen) atoms. The molecule has 8 heteroatoms. The molecule has 1 aromatic heterocycles. The lowest BCUT2D eigenvalue weighted by molar-refractivity contribution is 0.0636. The van der Waals surface area contributed by atoms with Gasteiger partial charge in [0.2, 0.25) is 0 Å². The maximum Gasteiger partial charge on any atom is 0.412 e. The number of pyridine rings is 1. The molecule has 0 atom stereocenters. The largest absolute Gasteiger partial charge is 0.493 e. The molecule has 0 saturated heterocycles. The Morgan fingerprint density at radius 3 is 2.30 bits per heavy atom. The van der Waals surface area contributed by atoms with Crippen molar-refractivity contribution in [3.8, 4) is 11.5 Å². The second-order valence-electron chi connectivity index (χ2n) is 8.17. The molecular weight excluding hydrogens is 422 g/mol. The normalized spacial score (nSPS) is 10.8. The van der Waals surface area contributed by atoms with Gasteiger partial charge in [0.05, 0.1) is 7.11 Å². The third-order valence-corrected chi connectivity index (χ3v) is 4.33. The predicted molar refractivity (Wildman–Crippen MR) is 126 cm³/mol. The third kappa shape index (κ3) is 7.24. The van der Waals surface area contributed by atoms with E-state index in [4.69, 9.17) is 14.2 Å². The zero-order chi connectivity index (χ0) is 23.8. The van der Waals surface area contributed by atoms with Crippen LogP contribution < -0.4 is 20.1 Å². The van der Waals surface area contributed by atoms with Crippen LogP contribution in [0.3, 0.4) is 0 Å². The molecule has 3 rings (SSSR count). The topological polar surface area (TPSA) is 98.8 Å². The second kappa shape index (κ2) is 10.5. The summed E-state index contributed by atoms with van der Waals surface area (Å²) in [5.41, 5.74) is 1.82. The van der Waals surface area contributed by atoms with Crippen molar-refractivity contribution in [1.29, 1.82) is 0 Å². The molecule has 0 radical (unpaired) electrons. The van der Waals surface area contributed by atoms with Crippen LogP contribution in [0.4, 0.5) is 16.2 Å². The fraction of sp³-hybridized carbons (Fsp3) is 0.240. The van der Waals surface area contributed by atoms with E-state index in [2.05, 4.69) is 15.6 Å². The van der Waals surface area contributed by atoms with E-state index in [1.54, 1.807) is 82.7 Å². The predicted octanol–water partition coefficient (Wildman–Crippen LogP) is 5.27. The van der Waals surface area contributed by atoms with Crippen molar-refractivity contribution in [2.24, 2.45) is 0 Å². The smallest absolute Gasteiger partial charge is 0.412 e. The first-order valence-corrected chi connectivity index (χ1v) is 10.3. The lowest BCUT2D eigenvalue weighted by atomic mass is 10.2. The fourth-order valence-electron chi connectivity index (χ4n) is 2.84. The average Bonchev–Trinajstić information content (AvgIpc) is 2.77. The number of anilines is 2. The Morgan fingerprint density at radius 1 is 0.939 bits per heavy atom. The lowest BCUT2D eigenvalue weighted by Crippen LogP contribution is -2.27. The van der Waals surface area contributed by atoms with Gasteiger partial charge >= 0.3 is 6.09 Å². The number of aromatic nitrogens is 1. The van der Waals surface area contributed by atoms with Crippen molar-refractivity contribution >= 4 is 23.4 Å². The van der Waals surface area contributed by atoms with Crippen molar-refractivity contribution in [1.82, 2.24) is 4.98 Å². The number of nitrogens with zero attached hydrogens (tertiary/aromatic N) is 1. The van der Waals surface area contributed by atoms with Crippen LogP contribution in [0.1, 0.15) is 36.7 Å². The minimum absolute atomic E-state index is 0.304. The first-order valence-electron chi connectivity index (χ1n) is 10.3. The number of carbonyl (C=O) groups excluding carboxylic acids is 2. The molecule has 0 aliphatic carbocycles. The highest BCUT2D eigenvalue weighted by molar-refractivity contribution is 6.04. The molecule has 0 aliphatic rings. The zero-order valence-electron chi connectivity index (χ0n) is 19.0. The van der Waals surface area contributed by atoms with Gasteiger partial charge in [0.15, 0.2) is 11.5 Å². The number of hydrogen-bond donors (Lipinski definition) is 2. The van der Waals surface area contributed by atoms with Gasteiger partial charge in [-0.3, -0.25) is 15.1 Å². The van der Waals surface area contributed by atoms with Gasteiger partial charge in [-0.25, -0.2) is 4.79 Å². The summed E-state index contributed by atoms with van der Waals surface area (Å²) in [4.78, 5) is 28.6. The van der Waals surface area contributed by atoms with Gasteiger partial charge in [0, 0.05) is 41.0 Å². The third-order valence-electron chi connectivity index (χ3n) is 4.33. The number of hydrogen-bond acceptors (Lipinski definition) is 6. The van der Waals surface area contributed by atoms with Gasteiger partial charge in [-0.1, -0.05) is 6.07 Å². The van der Waals surface area contributed by atoms with Crippen LogP contribution in [0.15, 0.2) is 67.0 Å². The highest BCUT2D eigenvalue weighted by Gasteiger charge is 2.16. The molecular formula is C25H27N3O5. The summed E-state index contributed by atoms with van der Waals surface area (Å²) in [5.74, 6) is 0.743. The van der Waals surface area contributed by atoms with E-state index < -0.39 is 11.7 Å². The minimum atomic E-state index is -0.594. The fourth-order valence-corrected chi connectivity index (χ4v) is 2.84. The standard InChI is InChI=1S/C25H27N3O5/c1-25(2,3)33-24(30)28-19-9-7-18(8-10-19)23(29)27-20-11-12-21(31-4)22(14-20)32-16-17-6-5-13-26-15-17/h5-15H,16H2,1-4H3,(H,27,29)(H,28,30). The lowest BCUT2D eigenvalue weighted by Gasteiger charge is -2.19. The Labute approximate surface area is 192 Å². The molecule has 2 N–H and O–H groups in total. The summed E-state index contributed by atoms with van der Waals surface area (Å²) in [6.07, 6.45) is 2.86. The first-order chi connectivity index (χ1) is 15.7. The summed E-state index contributed by atoms with van der Waals surface area (Å²) in [5, 5.41) is 5.47. The second-order valence-corrected chi connectivity index (χ2v) is 8.17. The van der Waals surface area contributed by atoms with E-state index in [0.29, 0.717) is 35.0 Å². The summed E-state index contributed by atoms with van der Waals surface area (Å²) >= 11 is 0. The van der Waals surface area contributed by atoms with Crippen molar-refractivity contribution in [3.05, 3.63) is 78.1 Å². The Morgan fingerprint density at radius 2 is 1.67 bits per heavy atom. The SMILES string of the molecule is COc1ccc(NC(=O)c2ccc(NC(=O)OC(C)(C)C)cc2)cc1OCc1cccnc1. The molecule has 3 aromatic rings. The summed E-state index contributed by atoms with van der Waals surface area (Å²) in [6, 6.07) is 15.4. The van der Waals surface area contributed by atoms with E-state index in [0.717, 1.165) is 5.56 Å².